The first-order chi connectivity index (χ1) is 15.9. The van der Waals surface area contributed by atoms with E-state index in [1.54, 1.807) is 12.1 Å². The van der Waals surface area contributed by atoms with Crippen LogP contribution in [0.4, 0.5) is 27.7 Å². The van der Waals surface area contributed by atoms with Crippen LogP contribution in [0.25, 0.3) is 0 Å². The van der Waals surface area contributed by atoms with E-state index in [4.69, 9.17) is 16.9 Å². The largest absolute Gasteiger partial charge is 0.322 e. The van der Waals surface area contributed by atoms with E-state index >= 15 is 4.39 Å². The maximum Gasteiger partial charge on any atom is 0.229 e. The molecule has 1 aliphatic rings. The number of H-pyrrole nitrogens is 1. The van der Waals surface area contributed by atoms with Crippen LogP contribution in [0.5, 0.6) is 0 Å². The van der Waals surface area contributed by atoms with Crippen LogP contribution in [-0.2, 0) is 0 Å². The first-order valence-corrected chi connectivity index (χ1v) is 11.3. The molecule has 0 saturated carbocycles. The maximum absolute atomic E-state index is 15.0. The van der Waals surface area contributed by atoms with Crippen LogP contribution in [-0.4, -0.2) is 44.7 Å². The molecule has 0 amide bonds. The zero-order chi connectivity index (χ0) is 23.4. The molecule has 1 aliphatic heterocycles. The summed E-state index contributed by atoms with van der Waals surface area (Å²) in [5.41, 5.74) is 3.26. The summed E-state index contributed by atoms with van der Waals surface area (Å²) in [6, 6.07) is 7.44. The highest BCUT2D eigenvalue weighted by Crippen LogP contribution is 2.34. The lowest BCUT2D eigenvalue weighted by molar-refractivity contribution is 0.216. The molecule has 0 spiro atoms. The van der Waals surface area contributed by atoms with Gasteiger partial charge in [-0.3, -0.25) is 5.10 Å². The van der Waals surface area contributed by atoms with Gasteiger partial charge >= 0.3 is 0 Å². The van der Waals surface area contributed by atoms with Crippen molar-refractivity contribution in [1.29, 1.82) is 5.26 Å². The van der Waals surface area contributed by atoms with Gasteiger partial charge in [-0.25, -0.2) is 9.37 Å². The number of hydrogen-bond acceptors (Lipinski definition) is 7. The van der Waals surface area contributed by atoms with Crippen LogP contribution in [0.3, 0.4) is 0 Å². The van der Waals surface area contributed by atoms with Gasteiger partial charge in [0.2, 0.25) is 5.95 Å². The number of likely N-dealkylation sites (tertiary alicyclic amines) is 1. The van der Waals surface area contributed by atoms with Crippen molar-refractivity contribution >= 4 is 34.9 Å². The standard InChI is InChI=1S/C23H26ClFN8/c1-14-10-20(19(25)12-17(14)16-4-8-33(9-5-16)7-3-6-26)28-23-27-13-18(24)22(30-23)29-21-11-15(2)31-32-21/h10-13,16H,3-5,7-9H2,1-2H3,(H3,27,28,29,30,31,32). The van der Waals surface area contributed by atoms with Crippen molar-refractivity contribution < 1.29 is 4.39 Å². The molecule has 3 aromatic rings. The lowest BCUT2D eigenvalue weighted by atomic mass is 9.86. The fraction of sp³-hybridized carbons (Fsp3) is 0.391. The van der Waals surface area contributed by atoms with Gasteiger partial charge in [-0.2, -0.15) is 15.3 Å². The van der Waals surface area contributed by atoms with E-state index in [1.807, 2.05) is 19.9 Å². The third-order valence-corrected chi connectivity index (χ3v) is 6.14. The molecule has 1 fully saturated rings. The second-order valence-corrected chi connectivity index (χ2v) is 8.70. The van der Waals surface area contributed by atoms with E-state index in [0.29, 0.717) is 34.7 Å². The van der Waals surface area contributed by atoms with Gasteiger partial charge in [-0.15, -0.1) is 0 Å². The first-order valence-electron chi connectivity index (χ1n) is 10.9. The van der Waals surface area contributed by atoms with E-state index in [2.05, 4.69) is 41.8 Å². The fourth-order valence-electron chi connectivity index (χ4n) is 4.15. The zero-order valence-corrected chi connectivity index (χ0v) is 19.4. The molecule has 3 N–H and O–H groups in total. The number of nitrogens with one attached hydrogen (secondary N) is 3. The van der Waals surface area contributed by atoms with Crippen LogP contribution in [0.2, 0.25) is 5.02 Å². The number of halogens is 2. The minimum absolute atomic E-state index is 0.228. The normalized spacial score (nSPS) is 14.8. The van der Waals surface area contributed by atoms with Gasteiger partial charge in [0.05, 0.1) is 18.0 Å². The molecule has 1 aromatic carbocycles. The lowest BCUT2D eigenvalue weighted by Crippen LogP contribution is -2.33. The molecule has 2 aromatic heterocycles. The van der Waals surface area contributed by atoms with Crippen LogP contribution >= 0.6 is 11.6 Å². The smallest absolute Gasteiger partial charge is 0.229 e. The number of aryl methyl sites for hydroxylation is 2. The average molecular weight is 469 g/mol. The number of aromatic amines is 1. The van der Waals surface area contributed by atoms with Gasteiger partial charge in [0.1, 0.15) is 10.8 Å². The Labute approximate surface area is 197 Å². The molecular formula is C23H26ClFN8. The van der Waals surface area contributed by atoms with Crippen molar-refractivity contribution in [2.45, 2.75) is 39.0 Å². The van der Waals surface area contributed by atoms with Crippen LogP contribution < -0.4 is 10.6 Å². The van der Waals surface area contributed by atoms with Gasteiger partial charge in [0.25, 0.3) is 0 Å². The van der Waals surface area contributed by atoms with Gasteiger partial charge in [-0.05, 0) is 69.0 Å². The molecule has 10 heteroatoms. The van der Waals surface area contributed by atoms with Gasteiger partial charge in [0.15, 0.2) is 11.6 Å². The molecule has 172 valence electrons. The van der Waals surface area contributed by atoms with Crippen molar-refractivity contribution in [3.63, 3.8) is 0 Å². The second-order valence-electron chi connectivity index (χ2n) is 8.29. The van der Waals surface area contributed by atoms with Crippen molar-refractivity contribution in [2.24, 2.45) is 0 Å². The third kappa shape index (κ3) is 5.59. The second kappa shape index (κ2) is 10.1. The van der Waals surface area contributed by atoms with E-state index in [9.17, 15) is 0 Å². The highest BCUT2D eigenvalue weighted by molar-refractivity contribution is 6.32. The highest BCUT2D eigenvalue weighted by Gasteiger charge is 2.23. The Morgan fingerprint density at radius 3 is 2.73 bits per heavy atom. The Morgan fingerprint density at radius 2 is 2.03 bits per heavy atom. The molecule has 4 rings (SSSR count). The van der Waals surface area contributed by atoms with Crippen LogP contribution in [0, 0.1) is 31.0 Å². The van der Waals surface area contributed by atoms with Gasteiger partial charge in [0, 0.05) is 24.7 Å². The number of benzene rings is 1. The first kappa shape index (κ1) is 23.0. The predicted molar refractivity (Wildman–Crippen MR) is 127 cm³/mol. The molecule has 1 saturated heterocycles. The molecule has 0 aliphatic carbocycles. The highest BCUT2D eigenvalue weighted by atomic mass is 35.5. The number of anilines is 4. The Kier molecular flexibility index (Phi) is 7.06. The summed E-state index contributed by atoms with van der Waals surface area (Å²) in [4.78, 5) is 10.9. The number of aromatic nitrogens is 4. The van der Waals surface area contributed by atoms with E-state index in [1.165, 1.54) is 6.20 Å². The van der Waals surface area contributed by atoms with Crippen LogP contribution in [0.15, 0.2) is 24.4 Å². The summed E-state index contributed by atoms with van der Waals surface area (Å²) < 4.78 is 15.0. The monoisotopic (exact) mass is 468 g/mol. The lowest BCUT2D eigenvalue weighted by Gasteiger charge is -2.32. The summed E-state index contributed by atoms with van der Waals surface area (Å²) >= 11 is 6.21. The Morgan fingerprint density at radius 1 is 1.24 bits per heavy atom. The van der Waals surface area contributed by atoms with Crippen molar-refractivity contribution in [3.8, 4) is 6.07 Å². The number of rotatable bonds is 7. The molecule has 3 heterocycles. The maximum atomic E-state index is 15.0. The number of hydrogen-bond donors (Lipinski definition) is 3. The quantitative estimate of drug-likeness (QED) is 0.438. The number of piperidine rings is 1. The van der Waals surface area contributed by atoms with E-state index in [-0.39, 0.29) is 11.8 Å². The Bertz CT molecular complexity index is 1160. The SMILES string of the molecule is Cc1cc(Nc2nc(Nc3cc(C)c(C4CCN(CCC#N)CC4)cc3F)ncc2Cl)n[nH]1. The molecule has 0 atom stereocenters. The van der Waals surface area contributed by atoms with Crippen molar-refractivity contribution in [2.75, 3.05) is 30.3 Å². The molecular weight excluding hydrogens is 443 g/mol. The summed E-state index contributed by atoms with van der Waals surface area (Å²) in [5.74, 6) is 1.14. The van der Waals surface area contributed by atoms with Gasteiger partial charge in [-0.1, -0.05) is 11.6 Å². The van der Waals surface area contributed by atoms with E-state index < -0.39 is 0 Å². The molecule has 8 nitrogen and oxygen atoms in total. The molecule has 33 heavy (non-hydrogen) atoms. The molecule has 0 radical (unpaired) electrons. The van der Waals surface area contributed by atoms with E-state index in [0.717, 1.165) is 49.3 Å². The van der Waals surface area contributed by atoms with Crippen molar-refractivity contribution in [3.05, 3.63) is 52.1 Å². The summed E-state index contributed by atoms with van der Waals surface area (Å²) in [6.07, 6.45) is 3.92. The minimum Gasteiger partial charge on any atom is -0.322 e. The summed E-state index contributed by atoms with van der Waals surface area (Å²) in [7, 11) is 0. The van der Waals surface area contributed by atoms with Crippen molar-refractivity contribution in [1.82, 2.24) is 25.1 Å². The number of nitriles is 1. The Balaban J connectivity index is 1.47. The third-order valence-electron chi connectivity index (χ3n) is 5.87. The zero-order valence-electron chi connectivity index (χ0n) is 18.6. The minimum atomic E-state index is -0.349. The number of nitrogens with zero attached hydrogens (tertiary/aromatic N) is 5. The molecule has 0 bridgehead atoms. The van der Waals surface area contributed by atoms with Gasteiger partial charge < -0.3 is 15.5 Å². The fourth-order valence-corrected chi connectivity index (χ4v) is 4.29. The topological polar surface area (TPSA) is 106 Å². The molecule has 0 unspecified atom stereocenters. The summed E-state index contributed by atoms with van der Waals surface area (Å²) in [6.45, 7) is 6.54. The van der Waals surface area contributed by atoms with Crippen LogP contribution in [0.1, 0.15) is 42.0 Å². The average Bonchev–Trinajstić information content (AvgIpc) is 3.22. The Hall–Kier alpha value is -3.22. The summed E-state index contributed by atoms with van der Waals surface area (Å²) in [5, 5.41) is 22.1. The predicted octanol–water partition coefficient (Wildman–Crippen LogP) is 5.19.